The molecule has 1 atom stereocenters. The topological polar surface area (TPSA) is 62.5 Å². The molecule has 1 unspecified atom stereocenters. The first-order valence-corrected chi connectivity index (χ1v) is 8.16. The lowest BCUT2D eigenvalue weighted by molar-refractivity contribution is 0.0611. The van der Waals surface area contributed by atoms with E-state index in [0.717, 1.165) is 24.0 Å². The summed E-state index contributed by atoms with van der Waals surface area (Å²) in [5.74, 6) is 0.0202. The van der Waals surface area contributed by atoms with E-state index in [2.05, 4.69) is 32.7 Å². The van der Waals surface area contributed by atoms with Crippen LogP contribution in [0.3, 0.4) is 0 Å². The minimum Gasteiger partial charge on any atom is -0.392 e. The van der Waals surface area contributed by atoms with E-state index in [1.165, 1.54) is 0 Å². The lowest BCUT2D eigenvalue weighted by atomic mass is 10.1. The van der Waals surface area contributed by atoms with Crippen molar-refractivity contribution in [1.82, 2.24) is 14.8 Å². The quantitative estimate of drug-likeness (QED) is 0.816. The maximum Gasteiger partial charge on any atom is 0.255 e. The van der Waals surface area contributed by atoms with Crippen LogP contribution in [0.25, 0.3) is 0 Å². The number of aromatic nitrogens is 1. The van der Waals surface area contributed by atoms with E-state index < -0.39 is 0 Å². The fraction of sp³-hybridized carbons (Fsp3) is 0.500. The van der Waals surface area contributed by atoms with Crippen molar-refractivity contribution >= 4 is 39.0 Å². The molecule has 7 heteroatoms. The fourth-order valence-corrected chi connectivity index (χ4v) is 3.27. The van der Waals surface area contributed by atoms with Crippen LogP contribution in [0.2, 0.25) is 0 Å². The Balaban J connectivity index is 1.97. The van der Waals surface area contributed by atoms with E-state index in [1.807, 2.05) is 4.90 Å². The number of pyridine rings is 1. The minimum atomic E-state index is 0.0202. The molecule has 0 bridgehead atoms. The summed E-state index contributed by atoms with van der Waals surface area (Å²) in [6, 6.07) is 1.93. The van der Waals surface area contributed by atoms with Crippen LogP contribution < -0.4 is 5.73 Å². The third-order valence-corrected chi connectivity index (χ3v) is 4.41. The van der Waals surface area contributed by atoms with Crippen molar-refractivity contribution in [2.75, 3.05) is 26.2 Å². The van der Waals surface area contributed by atoms with Crippen molar-refractivity contribution in [3.63, 3.8) is 0 Å². The third-order valence-electron chi connectivity index (χ3n) is 3.71. The molecular weight excluding hydrogens is 352 g/mol. The molecule has 5 nitrogen and oxygen atoms in total. The second kappa shape index (κ2) is 7.29. The van der Waals surface area contributed by atoms with Gasteiger partial charge < -0.3 is 10.6 Å². The van der Waals surface area contributed by atoms with Crippen molar-refractivity contribution in [1.29, 1.82) is 0 Å². The van der Waals surface area contributed by atoms with Gasteiger partial charge in [-0.25, -0.2) is 0 Å². The van der Waals surface area contributed by atoms with Crippen molar-refractivity contribution in [3.8, 4) is 0 Å². The van der Waals surface area contributed by atoms with Gasteiger partial charge in [0.2, 0.25) is 0 Å². The maximum atomic E-state index is 12.4. The Bertz CT molecular complexity index is 531. The van der Waals surface area contributed by atoms with Crippen LogP contribution in [0, 0.1) is 0 Å². The summed E-state index contributed by atoms with van der Waals surface area (Å²) < 4.78 is 0.812. The highest BCUT2D eigenvalue weighted by Gasteiger charge is 2.27. The van der Waals surface area contributed by atoms with Crippen molar-refractivity contribution < 1.29 is 4.79 Å². The van der Waals surface area contributed by atoms with Crippen LogP contribution in [-0.2, 0) is 0 Å². The Hall–Kier alpha value is -1.05. The molecule has 1 aromatic heterocycles. The van der Waals surface area contributed by atoms with Gasteiger partial charge in [-0.3, -0.25) is 14.7 Å². The van der Waals surface area contributed by atoms with Crippen LogP contribution in [-0.4, -0.2) is 57.9 Å². The average molecular weight is 371 g/mol. The number of carbonyl (C=O) groups is 1. The van der Waals surface area contributed by atoms with E-state index in [4.69, 9.17) is 18.0 Å². The monoisotopic (exact) mass is 370 g/mol. The molecule has 1 aliphatic heterocycles. The fourth-order valence-electron chi connectivity index (χ4n) is 2.59. The molecule has 1 aliphatic rings. The second-order valence-corrected chi connectivity index (χ2v) is 6.43. The second-order valence-electron chi connectivity index (χ2n) is 5.05. The number of thiocarbonyl (C=S) groups is 1. The smallest absolute Gasteiger partial charge is 0.255 e. The zero-order chi connectivity index (χ0) is 15.4. The summed E-state index contributed by atoms with van der Waals surface area (Å²) in [6.45, 7) is 5.04. The number of hydrogen-bond donors (Lipinski definition) is 1. The van der Waals surface area contributed by atoms with Crippen LogP contribution in [0.4, 0.5) is 0 Å². The molecule has 0 aromatic carbocycles. The van der Waals surface area contributed by atoms with Crippen molar-refractivity contribution in [3.05, 3.63) is 28.5 Å². The largest absolute Gasteiger partial charge is 0.392 e. The Morgan fingerprint density at radius 1 is 1.43 bits per heavy atom. The Kier molecular flexibility index (Phi) is 5.66. The van der Waals surface area contributed by atoms with E-state index in [1.54, 1.807) is 18.5 Å². The SMILES string of the molecule is CCC(C(N)=S)N1CCN(C(=O)c2cncc(Br)c2)CC1. The van der Waals surface area contributed by atoms with Crippen molar-refractivity contribution in [2.24, 2.45) is 5.73 Å². The highest BCUT2D eigenvalue weighted by atomic mass is 79.9. The minimum absolute atomic E-state index is 0.0202. The van der Waals surface area contributed by atoms with Gasteiger partial charge in [0.25, 0.3) is 5.91 Å². The molecule has 0 radical (unpaired) electrons. The Morgan fingerprint density at radius 3 is 2.62 bits per heavy atom. The van der Waals surface area contributed by atoms with Gasteiger partial charge in [-0.2, -0.15) is 0 Å². The van der Waals surface area contributed by atoms with E-state index in [0.29, 0.717) is 23.6 Å². The normalized spacial score (nSPS) is 17.5. The molecule has 2 N–H and O–H groups in total. The number of rotatable bonds is 4. The Labute approximate surface area is 138 Å². The van der Waals surface area contributed by atoms with Gasteiger partial charge in [0.1, 0.15) is 0 Å². The molecule has 1 fully saturated rings. The summed E-state index contributed by atoms with van der Waals surface area (Å²) in [7, 11) is 0. The first-order chi connectivity index (χ1) is 10.0. The van der Waals surface area contributed by atoms with Gasteiger partial charge in [0.15, 0.2) is 0 Å². The molecule has 114 valence electrons. The molecule has 0 saturated carbocycles. The molecular formula is C14H19BrN4OS. The number of carbonyl (C=O) groups excluding carboxylic acids is 1. The van der Waals surface area contributed by atoms with Gasteiger partial charge in [0.05, 0.1) is 16.6 Å². The first kappa shape index (κ1) is 16.3. The molecule has 0 aliphatic carbocycles. The zero-order valence-electron chi connectivity index (χ0n) is 12.0. The van der Waals surface area contributed by atoms with Gasteiger partial charge in [-0.1, -0.05) is 19.1 Å². The molecule has 1 saturated heterocycles. The van der Waals surface area contributed by atoms with Gasteiger partial charge in [-0.05, 0) is 28.4 Å². The Morgan fingerprint density at radius 2 is 2.10 bits per heavy atom. The predicted molar refractivity (Wildman–Crippen MR) is 90.3 cm³/mol. The summed E-state index contributed by atoms with van der Waals surface area (Å²) in [6.07, 6.45) is 4.17. The summed E-state index contributed by atoms with van der Waals surface area (Å²) in [5.41, 5.74) is 6.39. The molecule has 1 amide bonds. The van der Waals surface area contributed by atoms with Crippen LogP contribution in [0.1, 0.15) is 23.7 Å². The highest BCUT2D eigenvalue weighted by Crippen LogP contribution is 2.15. The van der Waals surface area contributed by atoms with Crippen molar-refractivity contribution in [2.45, 2.75) is 19.4 Å². The number of piperazine rings is 1. The molecule has 1 aromatic rings. The van der Waals surface area contributed by atoms with Gasteiger partial charge in [-0.15, -0.1) is 0 Å². The number of halogens is 1. The maximum absolute atomic E-state index is 12.4. The van der Waals surface area contributed by atoms with Crippen LogP contribution in [0.15, 0.2) is 22.9 Å². The summed E-state index contributed by atoms with van der Waals surface area (Å²) in [4.78, 5) is 21.1. The van der Waals surface area contributed by atoms with Crippen LogP contribution >= 0.6 is 28.1 Å². The number of amides is 1. The third kappa shape index (κ3) is 3.99. The summed E-state index contributed by atoms with van der Waals surface area (Å²) in [5, 5.41) is 0. The number of nitrogens with two attached hydrogens (primary N) is 1. The molecule has 2 heterocycles. The number of nitrogens with zero attached hydrogens (tertiary/aromatic N) is 3. The summed E-state index contributed by atoms with van der Waals surface area (Å²) >= 11 is 8.45. The molecule has 2 rings (SSSR count). The lowest BCUT2D eigenvalue weighted by Gasteiger charge is -2.38. The van der Waals surface area contributed by atoms with E-state index in [-0.39, 0.29) is 11.9 Å². The van der Waals surface area contributed by atoms with Gasteiger partial charge in [0, 0.05) is 43.0 Å². The van der Waals surface area contributed by atoms with Gasteiger partial charge >= 0.3 is 0 Å². The highest BCUT2D eigenvalue weighted by molar-refractivity contribution is 9.10. The lowest BCUT2D eigenvalue weighted by Crippen LogP contribution is -2.54. The first-order valence-electron chi connectivity index (χ1n) is 6.96. The number of hydrogen-bond acceptors (Lipinski definition) is 4. The molecule has 0 spiro atoms. The predicted octanol–water partition coefficient (Wildman–Crippen LogP) is 1.67. The van der Waals surface area contributed by atoms with E-state index in [9.17, 15) is 4.79 Å². The van der Waals surface area contributed by atoms with E-state index >= 15 is 0 Å². The average Bonchev–Trinajstić information content (AvgIpc) is 2.47. The zero-order valence-corrected chi connectivity index (χ0v) is 14.4. The standard InChI is InChI=1S/C14H19BrN4OS/c1-2-12(13(16)21)18-3-5-19(6-4-18)14(20)10-7-11(15)9-17-8-10/h7-9,12H,2-6H2,1H3,(H2,16,21). The molecule has 21 heavy (non-hydrogen) atoms. The van der Waals surface area contributed by atoms with Crippen LogP contribution in [0.5, 0.6) is 0 Å².